The molecule has 0 heterocycles. The van der Waals surface area contributed by atoms with Crippen molar-refractivity contribution in [3.05, 3.63) is 29.8 Å². The van der Waals surface area contributed by atoms with Crippen LogP contribution in [0.15, 0.2) is 24.3 Å². The molecule has 21 heavy (non-hydrogen) atoms. The Bertz CT molecular complexity index is 421. The Kier molecular flexibility index (Phi) is 6.25. The van der Waals surface area contributed by atoms with Crippen molar-refractivity contribution in [3.8, 4) is 0 Å². The first kappa shape index (κ1) is 16.5. The summed E-state index contributed by atoms with van der Waals surface area (Å²) in [4.78, 5) is 0. The third-order valence-electron chi connectivity index (χ3n) is 4.79. The van der Waals surface area contributed by atoms with Gasteiger partial charge in [0.15, 0.2) is 0 Å². The summed E-state index contributed by atoms with van der Waals surface area (Å²) < 4.78 is 14.3. The highest BCUT2D eigenvalue weighted by Gasteiger charge is 2.30. The summed E-state index contributed by atoms with van der Waals surface area (Å²) in [5.41, 5.74) is 1.61. The zero-order valence-electron chi connectivity index (χ0n) is 12.8. The molecule has 0 unspecified atom stereocenters. The van der Waals surface area contributed by atoms with Gasteiger partial charge in [0, 0.05) is 0 Å². The maximum absolute atomic E-state index is 14.3. The Morgan fingerprint density at radius 1 is 1.14 bits per heavy atom. The van der Waals surface area contributed by atoms with Gasteiger partial charge < -0.3 is 10.0 Å². The lowest BCUT2D eigenvalue weighted by atomic mass is 9.74. The molecular formula is C17H26BFO2. The van der Waals surface area contributed by atoms with Crippen molar-refractivity contribution in [2.24, 2.45) is 5.92 Å². The molecule has 0 aromatic heterocycles. The largest absolute Gasteiger partial charge is 0.488 e. The maximum atomic E-state index is 14.3. The summed E-state index contributed by atoms with van der Waals surface area (Å²) in [6.07, 6.45) is 6.50. The molecule has 1 fully saturated rings. The quantitative estimate of drug-likeness (QED) is 0.624. The van der Waals surface area contributed by atoms with Gasteiger partial charge in [0.05, 0.1) is 0 Å². The van der Waals surface area contributed by atoms with Crippen LogP contribution in [0.25, 0.3) is 0 Å². The molecule has 0 aliphatic heterocycles. The van der Waals surface area contributed by atoms with Gasteiger partial charge >= 0.3 is 7.12 Å². The van der Waals surface area contributed by atoms with E-state index < -0.39 is 13.3 Å². The second-order valence-electron chi connectivity index (χ2n) is 6.32. The van der Waals surface area contributed by atoms with Crippen molar-refractivity contribution in [2.75, 3.05) is 0 Å². The smallest absolute Gasteiger partial charge is 0.423 e. The molecule has 0 bridgehead atoms. The topological polar surface area (TPSA) is 40.5 Å². The molecular weight excluding hydrogens is 266 g/mol. The van der Waals surface area contributed by atoms with Crippen LogP contribution in [0.3, 0.4) is 0 Å². The van der Waals surface area contributed by atoms with Gasteiger partial charge in [0.1, 0.15) is 6.17 Å². The van der Waals surface area contributed by atoms with Crippen LogP contribution in [0.4, 0.5) is 4.39 Å². The lowest BCUT2D eigenvalue weighted by Gasteiger charge is -2.32. The minimum atomic E-state index is -1.43. The summed E-state index contributed by atoms with van der Waals surface area (Å²) in [5.74, 6) is 0.513. The number of alkyl halides is 1. The fourth-order valence-electron chi connectivity index (χ4n) is 3.40. The van der Waals surface area contributed by atoms with Gasteiger partial charge in [0.2, 0.25) is 0 Å². The van der Waals surface area contributed by atoms with Gasteiger partial charge in [-0.15, -0.1) is 0 Å². The fraction of sp³-hybridized carbons (Fsp3) is 0.647. The molecule has 1 aliphatic rings. The van der Waals surface area contributed by atoms with Gasteiger partial charge in [-0.25, -0.2) is 4.39 Å². The maximum Gasteiger partial charge on any atom is 0.488 e. The SMILES string of the molecule is CCCCC[C@H]1CC[C@@H](c2ccc(B(O)O)cc2)C[C@@H]1F. The van der Waals surface area contributed by atoms with E-state index >= 15 is 0 Å². The first-order valence-electron chi connectivity index (χ1n) is 8.22. The van der Waals surface area contributed by atoms with E-state index in [4.69, 9.17) is 10.0 Å². The van der Waals surface area contributed by atoms with E-state index in [-0.39, 0.29) is 11.8 Å². The van der Waals surface area contributed by atoms with Crippen molar-refractivity contribution >= 4 is 12.6 Å². The van der Waals surface area contributed by atoms with E-state index in [1.165, 1.54) is 12.8 Å². The molecule has 0 saturated heterocycles. The van der Waals surface area contributed by atoms with Crippen molar-refractivity contribution in [2.45, 2.75) is 64.0 Å². The van der Waals surface area contributed by atoms with Gasteiger partial charge in [-0.3, -0.25) is 0 Å². The van der Waals surface area contributed by atoms with E-state index in [1.807, 2.05) is 12.1 Å². The van der Waals surface area contributed by atoms with Gasteiger partial charge in [0.25, 0.3) is 0 Å². The normalized spacial score (nSPS) is 25.8. The van der Waals surface area contributed by atoms with Crippen LogP contribution in [0.2, 0.25) is 0 Å². The van der Waals surface area contributed by atoms with Crippen LogP contribution >= 0.6 is 0 Å². The second kappa shape index (κ2) is 7.95. The molecule has 0 spiro atoms. The highest BCUT2D eigenvalue weighted by Crippen LogP contribution is 2.39. The van der Waals surface area contributed by atoms with E-state index in [1.54, 1.807) is 12.1 Å². The summed E-state index contributed by atoms with van der Waals surface area (Å²) in [6.45, 7) is 2.18. The van der Waals surface area contributed by atoms with Gasteiger partial charge in [-0.1, -0.05) is 50.5 Å². The Balaban J connectivity index is 1.89. The summed E-state index contributed by atoms with van der Waals surface area (Å²) in [5, 5.41) is 18.2. The molecule has 2 N–H and O–H groups in total. The molecule has 116 valence electrons. The van der Waals surface area contributed by atoms with E-state index in [2.05, 4.69) is 6.92 Å². The molecule has 1 aromatic rings. The van der Waals surface area contributed by atoms with Gasteiger partial charge in [-0.05, 0) is 48.5 Å². The summed E-state index contributed by atoms with van der Waals surface area (Å²) in [7, 11) is -1.43. The standard InChI is InChI=1S/C17H26BFO2/c1-2-3-4-5-14-6-7-15(12-17(14)19)13-8-10-16(11-9-13)18(20)21/h8-11,14-15,17,20-21H,2-7,12H2,1H3/t14-,15+,17-/m0/s1. The monoisotopic (exact) mass is 292 g/mol. The number of benzene rings is 1. The lowest BCUT2D eigenvalue weighted by molar-refractivity contribution is 0.141. The first-order chi connectivity index (χ1) is 10.1. The Hall–Kier alpha value is -0.865. The molecule has 3 atom stereocenters. The minimum Gasteiger partial charge on any atom is -0.423 e. The van der Waals surface area contributed by atoms with Gasteiger partial charge in [-0.2, -0.15) is 0 Å². The predicted octanol–water partition coefficient (Wildman–Crippen LogP) is 3.17. The zero-order chi connectivity index (χ0) is 15.2. The Morgan fingerprint density at radius 2 is 1.86 bits per heavy atom. The number of rotatable bonds is 6. The third kappa shape index (κ3) is 4.55. The molecule has 1 saturated carbocycles. The fourth-order valence-corrected chi connectivity index (χ4v) is 3.40. The van der Waals surface area contributed by atoms with Crippen LogP contribution in [-0.2, 0) is 0 Å². The van der Waals surface area contributed by atoms with Crippen LogP contribution in [0.5, 0.6) is 0 Å². The van der Waals surface area contributed by atoms with E-state index in [0.29, 0.717) is 11.9 Å². The molecule has 2 nitrogen and oxygen atoms in total. The van der Waals surface area contributed by atoms with Crippen molar-refractivity contribution in [1.82, 2.24) is 0 Å². The Morgan fingerprint density at radius 3 is 2.43 bits per heavy atom. The Labute approximate surface area is 127 Å². The molecule has 1 aromatic carbocycles. The highest BCUT2D eigenvalue weighted by molar-refractivity contribution is 6.58. The number of halogens is 1. The predicted molar refractivity (Wildman–Crippen MR) is 85.4 cm³/mol. The third-order valence-corrected chi connectivity index (χ3v) is 4.79. The number of hydrogen-bond donors (Lipinski definition) is 2. The highest BCUT2D eigenvalue weighted by atomic mass is 19.1. The molecule has 0 radical (unpaired) electrons. The zero-order valence-corrected chi connectivity index (χ0v) is 12.8. The second-order valence-corrected chi connectivity index (χ2v) is 6.32. The molecule has 1 aliphatic carbocycles. The molecule has 2 rings (SSSR count). The summed E-state index contributed by atoms with van der Waals surface area (Å²) >= 11 is 0. The van der Waals surface area contributed by atoms with Crippen LogP contribution in [0.1, 0.15) is 63.4 Å². The van der Waals surface area contributed by atoms with E-state index in [0.717, 1.165) is 31.2 Å². The van der Waals surface area contributed by atoms with Crippen molar-refractivity contribution in [3.63, 3.8) is 0 Å². The van der Waals surface area contributed by atoms with E-state index in [9.17, 15) is 4.39 Å². The average molecular weight is 292 g/mol. The van der Waals surface area contributed by atoms with Crippen molar-refractivity contribution < 1.29 is 14.4 Å². The first-order valence-corrected chi connectivity index (χ1v) is 8.22. The van der Waals surface area contributed by atoms with Crippen molar-refractivity contribution in [1.29, 1.82) is 0 Å². The average Bonchev–Trinajstić information content (AvgIpc) is 2.49. The minimum absolute atomic E-state index is 0.242. The van der Waals surface area contributed by atoms with Crippen LogP contribution < -0.4 is 5.46 Å². The number of hydrogen-bond acceptors (Lipinski definition) is 2. The summed E-state index contributed by atoms with van der Waals surface area (Å²) in [6, 6.07) is 7.26. The number of unbranched alkanes of at least 4 members (excludes halogenated alkanes) is 2. The molecule has 0 amide bonds. The molecule has 4 heteroatoms. The van der Waals surface area contributed by atoms with Crippen LogP contribution in [-0.4, -0.2) is 23.3 Å². The van der Waals surface area contributed by atoms with Crippen LogP contribution in [0, 0.1) is 5.92 Å². The lowest BCUT2D eigenvalue weighted by Crippen LogP contribution is -2.30.